The molecule has 0 aliphatic heterocycles. The zero-order chi connectivity index (χ0) is 23.9. The van der Waals surface area contributed by atoms with Crippen molar-refractivity contribution in [2.75, 3.05) is 6.67 Å². The number of aryl methyl sites for hydroxylation is 1. The van der Waals surface area contributed by atoms with Crippen molar-refractivity contribution in [3.63, 3.8) is 0 Å². The van der Waals surface area contributed by atoms with Gasteiger partial charge in [0.05, 0.1) is 17.6 Å². The molecule has 0 amide bonds. The van der Waals surface area contributed by atoms with E-state index in [-0.39, 0.29) is 18.2 Å². The quantitative estimate of drug-likeness (QED) is 0.224. The Morgan fingerprint density at radius 2 is 1.74 bits per heavy atom. The lowest BCUT2D eigenvalue weighted by molar-refractivity contribution is 0.102. The molecule has 5 nitrogen and oxygen atoms in total. The number of alkyl halides is 1. The van der Waals surface area contributed by atoms with Crippen LogP contribution in [0, 0.1) is 0 Å². The minimum atomic E-state index is -0.573. The number of carbonyl (C=O) groups is 1. The van der Waals surface area contributed by atoms with E-state index in [0.717, 1.165) is 36.8 Å². The monoisotopic (exact) mass is 459 g/mol. The number of rotatable bonds is 11. The molecule has 0 radical (unpaired) electrons. The third-order valence-electron chi connectivity index (χ3n) is 6.01. The number of aromatic nitrogens is 3. The number of ketones is 1. The first-order valence-corrected chi connectivity index (χ1v) is 11.9. The van der Waals surface area contributed by atoms with Crippen molar-refractivity contribution in [2.24, 2.45) is 0 Å². The molecule has 0 atom stereocenters. The molecule has 2 aromatic carbocycles. The van der Waals surface area contributed by atoms with Crippen LogP contribution < -0.4 is 4.74 Å². The highest BCUT2D eigenvalue weighted by Crippen LogP contribution is 2.34. The van der Waals surface area contributed by atoms with Crippen LogP contribution in [0.4, 0.5) is 4.39 Å². The van der Waals surface area contributed by atoms with E-state index in [1.54, 1.807) is 35.0 Å². The topological polar surface area (TPSA) is 57.0 Å². The zero-order valence-electron chi connectivity index (χ0n) is 19.7. The van der Waals surface area contributed by atoms with E-state index in [2.05, 4.69) is 29.9 Å². The summed E-state index contributed by atoms with van der Waals surface area (Å²) < 4.78 is 21.0. The van der Waals surface area contributed by atoms with Gasteiger partial charge in [-0.05, 0) is 61.2 Å². The van der Waals surface area contributed by atoms with E-state index in [9.17, 15) is 9.18 Å². The van der Waals surface area contributed by atoms with E-state index >= 15 is 0 Å². The molecule has 0 unspecified atom stereocenters. The van der Waals surface area contributed by atoms with Gasteiger partial charge in [0.1, 0.15) is 12.4 Å². The Bertz CT molecular complexity index is 1240. The van der Waals surface area contributed by atoms with Crippen LogP contribution in [0.25, 0.3) is 11.0 Å². The Hall–Kier alpha value is -3.54. The summed E-state index contributed by atoms with van der Waals surface area (Å²) in [5, 5.41) is 0. The van der Waals surface area contributed by atoms with Crippen molar-refractivity contribution in [3.05, 3.63) is 83.8 Å². The number of ether oxygens (including phenoxy) is 1. The second kappa shape index (κ2) is 11.1. The highest BCUT2D eigenvalue weighted by atomic mass is 19.1. The van der Waals surface area contributed by atoms with E-state index in [1.165, 1.54) is 0 Å². The second-order valence-electron chi connectivity index (χ2n) is 8.39. The molecule has 0 spiro atoms. The van der Waals surface area contributed by atoms with Crippen molar-refractivity contribution in [2.45, 2.75) is 52.0 Å². The molecule has 0 saturated carbocycles. The molecular weight excluding hydrogens is 429 g/mol. The van der Waals surface area contributed by atoms with Gasteiger partial charge in [-0.3, -0.25) is 4.79 Å². The molecular formula is C28H30FN3O2. The van der Waals surface area contributed by atoms with Crippen molar-refractivity contribution in [1.29, 1.82) is 0 Å². The Balaban J connectivity index is 1.58. The first-order valence-electron chi connectivity index (χ1n) is 11.9. The molecule has 0 saturated heterocycles. The number of fused-ring (bicyclic) bond motifs is 1. The normalized spacial score (nSPS) is 11.3. The fraction of sp³-hybridized carbons (Fsp3) is 0.321. The van der Waals surface area contributed by atoms with Crippen LogP contribution in [0.1, 0.15) is 67.2 Å². The molecule has 0 fully saturated rings. The molecule has 34 heavy (non-hydrogen) atoms. The SMILES string of the molecule is CCCC(CCC)c1cccnc1Oc1ccc(C(=O)c2nc3ccccc3n2CCF)cc1. The second-order valence-corrected chi connectivity index (χ2v) is 8.39. The number of nitrogens with zero attached hydrogens (tertiary/aromatic N) is 3. The van der Waals surface area contributed by atoms with Crippen LogP contribution in [0.3, 0.4) is 0 Å². The predicted molar refractivity (Wildman–Crippen MR) is 132 cm³/mol. The number of hydrogen-bond donors (Lipinski definition) is 0. The zero-order valence-corrected chi connectivity index (χ0v) is 19.7. The van der Waals surface area contributed by atoms with E-state index in [1.807, 2.05) is 30.3 Å². The third kappa shape index (κ3) is 5.01. The number of pyridine rings is 1. The molecule has 6 heteroatoms. The van der Waals surface area contributed by atoms with Gasteiger partial charge in [0.15, 0.2) is 5.82 Å². The minimum Gasteiger partial charge on any atom is -0.439 e. The van der Waals surface area contributed by atoms with Gasteiger partial charge in [-0.1, -0.05) is 44.9 Å². The summed E-state index contributed by atoms with van der Waals surface area (Å²) in [5.41, 5.74) is 3.01. The Labute approximate surface area is 199 Å². The largest absolute Gasteiger partial charge is 0.439 e. The Morgan fingerprint density at radius 1 is 1.00 bits per heavy atom. The molecule has 0 bridgehead atoms. The number of imidazole rings is 1. The van der Waals surface area contributed by atoms with Gasteiger partial charge in [0.2, 0.25) is 11.7 Å². The third-order valence-corrected chi connectivity index (χ3v) is 6.01. The lowest BCUT2D eigenvalue weighted by atomic mass is 9.91. The van der Waals surface area contributed by atoms with Crippen LogP contribution in [-0.2, 0) is 6.54 Å². The van der Waals surface area contributed by atoms with Gasteiger partial charge < -0.3 is 9.30 Å². The van der Waals surface area contributed by atoms with Crippen molar-refractivity contribution in [3.8, 4) is 11.6 Å². The average molecular weight is 460 g/mol. The standard InChI is InChI=1S/C28H30FN3O2/c1-3-8-20(9-4-2)23-10-7-18-30-28(23)34-22-15-13-21(14-16-22)26(33)27-31-24-11-5-6-12-25(24)32(27)19-17-29/h5-7,10-16,18,20H,3-4,8-9,17,19H2,1-2H3. The van der Waals surface area contributed by atoms with Crippen LogP contribution in [-0.4, -0.2) is 27.0 Å². The Kier molecular flexibility index (Phi) is 7.68. The molecule has 2 heterocycles. The summed E-state index contributed by atoms with van der Waals surface area (Å²) in [6, 6.07) is 18.4. The lowest BCUT2D eigenvalue weighted by Gasteiger charge is -2.18. The van der Waals surface area contributed by atoms with Crippen LogP contribution in [0.2, 0.25) is 0 Å². The predicted octanol–water partition coefficient (Wildman–Crippen LogP) is 7.11. The maximum atomic E-state index is 13.2. The van der Waals surface area contributed by atoms with Crippen LogP contribution in [0.15, 0.2) is 66.9 Å². The van der Waals surface area contributed by atoms with Crippen LogP contribution in [0.5, 0.6) is 11.6 Å². The highest BCUT2D eigenvalue weighted by Gasteiger charge is 2.20. The van der Waals surface area contributed by atoms with Gasteiger partial charge in [-0.25, -0.2) is 14.4 Å². The minimum absolute atomic E-state index is 0.0852. The number of carbonyl (C=O) groups excluding carboxylic acids is 1. The summed E-state index contributed by atoms with van der Waals surface area (Å²) in [4.78, 5) is 22.2. The molecule has 176 valence electrons. The maximum absolute atomic E-state index is 13.2. The summed E-state index contributed by atoms with van der Waals surface area (Å²) in [5.74, 6) is 1.61. The number of halogens is 1. The van der Waals surface area contributed by atoms with Gasteiger partial charge in [-0.15, -0.1) is 0 Å². The maximum Gasteiger partial charge on any atom is 0.228 e. The first-order chi connectivity index (χ1) is 16.7. The average Bonchev–Trinajstić information content (AvgIpc) is 3.23. The van der Waals surface area contributed by atoms with E-state index in [4.69, 9.17) is 4.74 Å². The van der Waals surface area contributed by atoms with Crippen LogP contribution >= 0.6 is 0 Å². The highest BCUT2D eigenvalue weighted by molar-refractivity contribution is 6.08. The molecule has 0 N–H and O–H groups in total. The van der Waals surface area contributed by atoms with Gasteiger partial charge >= 0.3 is 0 Å². The van der Waals surface area contributed by atoms with Crippen molar-refractivity contribution in [1.82, 2.24) is 14.5 Å². The summed E-state index contributed by atoms with van der Waals surface area (Å²) in [6.07, 6.45) is 6.11. The number of para-hydroxylation sites is 2. The van der Waals surface area contributed by atoms with Gasteiger partial charge in [0, 0.05) is 17.3 Å². The summed E-state index contributed by atoms with van der Waals surface area (Å²) >= 11 is 0. The van der Waals surface area contributed by atoms with E-state index < -0.39 is 6.67 Å². The Morgan fingerprint density at radius 3 is 2.44 bits per heavy atom. The summed E-state index contributed by atoms with van der Waals surface area (Å²) in [7, 11) is 0. The van der Waals surface area contributed by atoms with Crippen molar-refractivity contribution < 1.29 is 13.9 Å². The fourth-order valence-electron chi connectivity index (χ4n) is 4.43. The molecule has 0 aliphatic carbocycles. The molecule has 4 aromatic rings. The van der Waals surface area contributed by atoms with Gasteiger partial charge in [0.25, 0.3) is 0 Å². The number of benzene rings is 2. The first kappa shape index (κ1) is 23.6. The number of hydrogen-bond acceptors (Lipinski definition) is 4. The van der Waals surface area contributed by atoms with E-state index in [0.29, 0.717) is 28.6 Å². The van der Waals surface area contributed by atoms with Crippen molar-refractivity contribution >= 4 is 16.8 Å². The fourth-order valence-corrected chi connectivity index (χ4v) is 4.43. The van der Waals surface area contributed by atoms with Gasteiger partial charge in [-0.2, -0.15) is 0 Å². The molecule has 2 aromatic heterocycles. The molecule has 4 rings (SSSR count). The lowest BCUT2D eigenvalue weighted by Crippen LogP contribution is -2.12. The summed E-state index contributed by atoms with van der Waals surface area (Å²) in [6.45, 7) is 3.90. The smallest absolute Gasteiger partial charge is 0.228 e. The molecule has 0 aliphatic rings.